The Morgan fingerprint density at radius 1 is 0.333 bits per heavy atom. The van der Waals surface area contributed by atoms with Crippen molar-refractivity contribution < 1.29 is 0 Å². The Balaban J connectivity index is 1.17. The van der Waals surface area contributed by atoms with Gasteiger partial charge in [0.05, 0.1) is 17.1 Å². The van der Waals surface area contributed by atoms with Crippen molar-refractivity contribution in [1.82, 2.24) is 44.9 Å². The summed E-state index contributed by atoms with van der Waals surface area (Å²) in [4.78, 5) is 38.8. The second-order valence-corrected chi connectivity index (χ2v) is 12.8. The third kappa shape index (κ3) is 5.61. The van der Waals surface area contributed by atoms with Crippen LogP contribution in [0.5, 0.6) is 0 Å². The highest BCUT2D eigenvalue weighted by Crippen LogP contribution is 2.41. The lowest BCUT2D eigenvalue weighted by atomic mass is 9.89. The van der Waals surface area contributed by atoms with E-state index in [-0.39, 0.29) is 0 Å². The summed E-state index contributed by atoms with van der Waals surface area (Å²) >= 11 is 0. The van der Waals surface area contributed by atoms with Crippen LogP contribution in [0, 0.1) is 12.3 Å². The molecular formula is C45H25N9. The number of nitrogens with zero attached hydrogens (tertiary/aromatic N) is 9. The molecule has 9 nitrogen and oxygen atoms in total. The van der Waals surface area contributed by atoms with Crippen molar-refractivity contribution in [1.29, 1.82) is 0 Å². The van der Waals surface area contributed by atoms with Gasteiger partial charge in [0.2, 0.25) is 0 Å². The smallest absolute Gasteiger partial charge is 0.115 e. The molecule has 0 aliphatic carbocycles. The van der Waals surface area contributed by atoms with Crippen molar-refractivity contribution in [3.63, 3.8) is 0 Å². The molecule has 54 heavy (non-hydrogen) atoms. The Labute approximate surface area is 309 Å². The molecule has 0 N–H and O–H groups in total. The first-order valence-corrected chi connectivity index (χ1v) is 17.2. The Kier molecular flexibility index (Phi) is 7.48. The van der Waals surface area contributed by atoms with Gasteiger partial charge in [0.25, 0.3) is 0 Å². The van der Waals surface area contributed by atoms with Crippen LogP contribution < -0.4 is 0 Å². The molecule has 0 aliphatic rings. The molecule has 6 heterocycles. The van der Waals surface area contributed by atoms with E-state index in [1.165, 1.54) is 19.0 Å². The molecule has 0 aliphatic heterocycles. The molecule has 250 valence electrons. The van der Waals surface area contributed by atoms with Crippen LogP contribution in [0.1, 0.15) is 0 Å². The lowest BCUT2D eigenvalue weighted by Gasteiger charge is -2.15. The fourth-order valence-electron chi connectivity index (χ4n) is 7.02. The zero-order valence-electron chi connectivity index (χ0n) is 28.5. The first kappa shape index (κ1) is 30.9. The quantitative estimate of drug-likeness (QED) is 0.157. The molecule has 10 aromatic rings. The SMILES string of the molecule is c1nc(-c2cncnc2)cc(-c2ccc3c(c2)c2ccc(-c4ccnc(-c5cncnc5)c4)cc2c2ccc(-c4ccnc(-c5cncnc5)c4)cc32)c#1. The van der Waals surface area contributed by atoms with Crippen LogP contribution in [0.4, 0.5) is 0 Å². The molecule has 0 saturated heterocycles. The fourth-order valence-corrected chi connectivity index (χ4v) is 7.02. The van der Waals surface area contributed by atoms with Crippen molar-refractivity contribution in [2.24, 2.45) is 0 Å². The standard InChI is InChI=1S/C45H25N9/c1-4-37-40(13-28(1)31-7-10-52-43(16-31)34-19-46-25-47-20-34)38-5-2-30(33-9-12-54-45(18-33)36-23-50-27-51-24-36)15-42(38)39-6-3-29(14-41(37)39)32-8-11-53-44(17-32)35-21-48-26-49-22-35/h1-8,10-11,13-27H. The summed E-state index contributed by atoms with van der Waals surface area (Å²) in [5.41, 5.74) is 11.1. The average Bonchev–Trinajstić information content (AvgIpc) is 3.27. The molecule has 0 radical (unpaired) electrons. The van der Waals surface area contributed by atoms with Gasteiger partial charge in [0, 0.05) is 78.0 Å². The molecule has 0 fully saturated rings. The number of hydrogen-bond acceptors (Lipinski definition) is 9. The van der Waals surface area contributed by atoms with Gasteiger partial charge in [-0.15, -0.1) is 0 Å². The van der Waals surface area contributed by atoms with Crippen LogP contribution in [0.15, 0.2) is 153 Å². The molecule has 10 rings (SSSR count). The summed E-state index contributed by atoms with van der Waals surface area (Å²) < 4.78 is 0. The predicted octanol–water partition coefficient (Wildman–Crippen LogP) is 9.30. The summed E-state index contributed by atoms with van der Waals surface area (Å²) in [6.07, 6.45) is 21.8. The summed E-state index contributed by atoms with van der Waals surface area (Å²) in [7, 11) is 0. The number of hydrogen-bond donors (Lipinski definition) is 0. The largest absolute Gasteiger partial charge is 0.256 e. The highest BCUT2D eigenvalue weighted by atomic mass is 14.8. The maximum absolute atomic E-state index is 4.61. The zero-order valence-corrected chi connectivity index (χ0v) is 28.5. The summed E-state index contributed by atoms with van der Waals surface area (Å²) in [5, 5.41) is 6.86. The maximum Gasteiger partial charge on any atom is 0.115 e. The normalized spacial score (nSPS) is 11.2. The molecule has 0 unspecified atom stereocenters. The Bertz CT molecular complexity index is 2640. The van der Waals surface area contributed by atoms with E-state index in [9.17, 15) is 0 Å². The Morgan fingerprint density at radius 2 is 0.741 bits per heavy atom. The number of benzene rings is 4. The van der Waals surface area contributed by atoms with Crippen LogP contribution in [-0.4, -0.2) is 44.9 Å². The third-order valence-electron chi connectivity index (χ3n) is 9.64. The number of aromatic nitrogens is 9. The van der Waals surface area contributed by atoms with Gasteiger partial charge in [0.15, 0.2) is 0 Å². The van der Waals surface area contributed by atoms with Crippen LogP contribution in [0.25, 0.3) is 99.5 Å². The van der Waals surface area contributed by atoms with E-state index in [4.69, 9.17) is 0 Å². The summed E-state index contributed by atoms with van der Waals surface area (Å²) in [6.45, 7) is 0. The highest BCUT2D eigenvalue weighted by Gasteiger charge is 2.15. The molecule has 9 heteroatoms. The fraction of sp³-hybridized carbons (Fsp3) is 0. The van der Waals surface area contributed by atoms with Crippen molar-refractivity contribution >= 4 is 32.3 Å². The van der Waals surface area contributed by atoms with E-state index in [2.05, 4.69) is 124 Å². The minimum Gasteiger partial charge on any atom is -0.256 e. The molecule has 0 atom stereocenters. The lowest BCUT2D eigenvalue weighted by Crippen LogP contribution is -1.90. The van der Waals surface area contributed by atoms with Gasteiger partial charge < -0.3 is 0 Å². The molecular weight excluding hydrogens is 667 g/mol. The number of fused-ring (bicyclic) bond motifs is 6. The van der Waals surface area contributed by atoms with Crippen LogP contribution >= 0.6 is 0 Å². The van der Waals surface area contributed by atoms with Gasteiger partial charge >= 0.3 is 0 Å². The van der Waals surface area contributed by atoms with E-state index in [0.717, 1.165) is 99.5 Å². The predicted molar refractivity (Wildman–Crippen MR) is 209 cm³/mol. The summed E-state index contributed by atoms with van der Waals surface area (Å²) in [5.74, 6) is 0. The van der Waals surface area contributed by atoms with Gasteiger partial charge in [-0.05, 0) is 115 Å². The van der Waals surface area contributed by atoms with Gasteiger partial charge in [-0.2, -0.15) is 4.98 Å². The van der Waals surface area contributed by atoms with Crippen molar-refractivity contribution in [3.8, 4) is 67.2 Å². The zero-order chi connectivity index (χ0) is 35.8. The van der Waals surface area contributed by atoms with Crippen LogP contribution in [0.2, 0.25) is 0 Å². The van der Waals surface area contributed by atoms with E-state index in [1.54, 1.807) is 37.2 Å². The van der Waals surface area contributed by atoms with E-state index in [0.29, 0.717) is 0 Å². The molecule has 0 amide bonds. The minimum atomic E-state index is 0.736. The molecule has 6 aromatic heterocycles. The minimum absolute atomic E-state index is 0.736. The van der Waals surface area contributed by atoms with E-state index >= 15 is 0 Å². The van der Waals surface area contributed by atoms with Gasteiger partial charge in [-0.1, -0.05) is 36.4 Å². The van der Waals surface area contributed by atoms with Crippen LogP contribution in [0.3, 0.4) is 0 Å². The van der Waals surface area contributed by atoms with Gasteiger partial charge in [0.1, 0.15) is 19.0 Å². The van der Waals surface area contributed by atoms with Crippen molar-refractivity contribution in [2.75, 3.05) is 0 Å². The molecule has 0 spiro atoms. The van der Waals surface area contributed by atoms with Crippen molar-refractivity contribution in [2.45, 2.75) is 0 Å². The Morgan fingerprint density at radius 3 is 1.22 bits per heavy atom. The lowest BCUT2D eigenvalue weighted by molar-refractivity contribution is 1.16. The monoisotopic (exact) mass is 691 g/mol. The molecule has 0 saturated carbocycles. The average molecular weight is 692 g/mol. The van der Waals surface area contributed by atoms with Gasteiger partial charge in [-0.3, -0.25) is 9.97 Å². The van der Waals surface area contributed by atoms with Crippen LogP contribution in [-0.2, 0) is 0 Å². The highest BCUT2D eigenvalue weighted by molar-refractivity contribution is 6.26. The maximum atomic E-state index is 4.61. The van der Waals surface area contributed by atoms with Gasteiger partial charge in [-0.25, -0.2) is 29.9 Å². The topological polar surface area (TPSA) is 116 Å². The summed E-state index contributed by atoms with van der Waals surface area (Å²) in [6, 6.07) is 33.5. The second kappa shape index (κ2) is 13.1. The first-order valence-electron chi connectivity index (χ1n) is 17.2. The van der Waals surface area contributed by atoms with E-state index in [1.807, 2.05) is 30.6 Å². The third-order valence-corrected chi connectivity index (χ3v) is 9.64. The molecule has 4 aromatic carbocycles. The molecule has 0 bridgehead atoms. The first-order chi connectivity index (χ1) is 26.7. The second-order valence-electron chi connectivity index (χ2n) is 12.8. The van der Waals surface area contributed by atoms with Crippen molar-refractivity contribution in [3.05, 3.63) is 166 Å². The van der Waals surface area contributed by atoms with E-state index < -0.39 is 0 Å². The number of rotatable bonds is 6. The Hall–Kier alpha value is -7.83. The number of pyridine rings is 2.